The van der Waals surface area contributed by atoms with Crippen molar-refractivity contribution in [3.05, 3.63) is 82.9 Å². The predicted octanol–water partition coefficient (Wildman–Crippen LogP) is 2.65. The maximum Gasteiger partial charge on any atom is 0.345 e. The fraction of sp³-hybridized carbons (Fsp3) is 0.267. The van der Waals surface area contributed by atoms with E-state index in [1.807, 2.05) is 0 Å². The summed E-state index contributed by atoms with van der Waals surface area (Å²) in [6.07, 6.45) is 2.78. The zero-order valence-electron chi connectivity index (χ0n) is 23.7. The number of carbonyl (C=O) groups excluding carboxylic acids is 5. The van der Waals surface area contributed by atoms with Gasteiger partial charge in [0, 0.05) is 31.6 Å². The summed E-state index contributed by atoms with van der Waals surface area (Å²) in [4.78, 5) is 89.4. The molecule has 2 aromatic carbocycles. The van der Waals surface area contributed by atoms with E-state index in [9.17, 15) is 38.4 Å². The molecule has 240 valence electrons. The van der Waals surface area contributed by atoms with Gasteiger partial charge in [-0.1, -0.05) is 0 Å². The minimum absolute atomic E-state index is 0.0156. The van der Waals surface area contributed by atoms with E-state index in [4.69, 9.17) is 20.4 Å². The Morgan fingerprint density at radius 2 is 0.956 bits per heavy atom. The van der Waals surface area contributed by atoms with Crippen molar-refractivity contribution in [1.29, 1.82) is 0 Å². The van der Waals surface area contributed by atoms with Crippen molar-refractivity contribution < 1.29 is 73.0 Å². The number of aliphatic carboxylic acids is 1. The van der Waals surface area contributed by atoms with E-state index in [-0.39, 0.29) is 61.2 Å². The van der Waals surface area contributed by atoms with Crippen molar-refractivity contribution >= 4 is 47.8 Å². The number of aliphatic hydroxyl groups is 1. The summed E-state index contributed by atoms with van der Waals surface area (Å²) in [6, 6.07) is 9.71. The Morgan fingerprint density at radius 3 is 1.31 bits per heavy atom. The van der Waals surface area contributed by atoms with Gasteiger partial charge >= 0.3 is 47.8 Å². The molecule has 0 aliphatic heterocycles. The van der Waals surface area contributed by atoms with E-state index in [0.29, 0.717) is 18.9 Å². The predicted molar refractivity (Wildman–Crippen MR) is 150 cm³/mol. The van der Waals surface area contributed by atoms with Crippen molar-refractivity contribution in [3.63, 3.8) is 0 Å². The molecule has 2 rings (SSSR count). The molecule has 0 saturated heterocycles. The highest BCUT2D eigenvalue weighted by molar-refractivity contribution is 5.98. The Bertz CT molecular complexity index is 1300. The average Bonchev–Trinajstić information content (AvgIpc) is 3.00. The second-order valence-corrected chi connectivity index (χ2v) is 8.76. The number of benzene rings is 2. The largest absolute Gasteiger partial charge is 0.478 e. The topological polar surface area (TPSA) is 245 Å². The number of hydrogen-bond donors (Lipinski definition) is 4. The number of esters is 5. The van der Waals surface area contributed by atoms with E-state index in [0.717, 1.165) is 6.08 Å². The minimum Gasteiger partial charge on any atom is -0.478 e. The molecule has 15 nitrogen and oxygen atoms in total. The first-order chi connectivity index (χ1) is 21.3. The van der Waals surface area contributed by atoms with Crippen LogP contribution in [0.5, 0.6) is 0 Å². The molecule has 0 bridgehead atoms. The van der Waals surface area contributed by atoms with E-state index < -0.39 is 47.8 Å². The Hall–Kier alpha value is -5.70. The van der Waals surface area contributed by atoms with Crippen molar-refractivity contribution in [1.82, 2.24) is 0 Å². The van der Waals surface area contributed by atoms with Crippen molar-refractivity contribution in [2.75, 3.05) is 13.2 Å². The molecule has 2 aromatic rings. The molecule has 0 heterocycles. The first-order valence-corrected chi connectivity index (χ1v) is 13.2. The Kier molecular flexibility index (Phi) is 16.8. The van der Waals surface area contributed by atoms with Gasteiger partial charge in [-0.05, 0) is 74.2 Å². The number of unbranched alkanes of at least 4 members (excludes halogenated alkanes) is 2. The van der Waals surface area contributed by atoms with E-state index in [1.165, 1.54) is 48.5 Å². The zero-order chi connectivity index (χ0) is 33.8. The third-order valence-electron chi connectivity index (χ3n) is 5.32. The van der Waals surface area contributed by atoms with Gasteiger partial charge in [-0.25, -0.2) is 28.8 Å². The first kappa shape index (κ1) is 37.3. The molecule has 0 aromatic heterocycles. The van der Waals surface area contributed by atoms with Crippen LogP contribution in [0.2, 0.25) is 0 Å². The van der Waals surface area contributed by atoms with Crippen LogP contribution in [0.3, 0.4) is 0 Å². The quantitative estimate of drug-likeness (QED) is 0.0726. The highest BCUT2D eigenvalue weighted by atomic mass is 16.6. The monoisotopic (exact) mass is 630 g/mol. The molecule has 0 unspecified atom stereocenters. The molecular weight excluding hydrogens is 600 g/mol. The summed E-state index contributed by atoms with van der Waals surface area (Å²) in [5, 5.41) is 34.1. The fourth-order valence-electron chi connectivity index (χ4n) is 3.04. The fourth-order valence-corrected chi connectivity index (χ4v) is 3.04. The SMILES string of the molecule is O=C(CCCCC(=O)OC(=O)c1ccc(C(=O)O)cc1)OC(=O)c1ccc(C(=O)O)cc1.O=C(O)/C=C\C(=O)OCCCCO. The molecule has 4 N–H and O–H groups in total. The smallest absolute Gasteiger partial charge is 0.345 e. The van der Waals surface area contributed by atoms with Crippen molar-refractivity contribution in [3.8, 4) is 0 Å². The van der Waals surface area contributed by atoms with Crippen LogP contribution < -0.4 is 0 Å². The van der Waals surface area contributed by atoms with Gasteiger partial charge in [0.25, 0.3) is 0 Å². The maximum atomic E-state index is 11.9. The standard InChI is InChI=1S/C22H18O10.C8H12O5/c23-17(31-21(29)15-9-5-13(6-10-15)19(25)26)3-1-2-4-18(24)32-22(30)16-11-7-14(8-12-16)20(27)28;9-5-1-2-6-13-8(12)4-3-7(10)11/h5-12H,1-4H2,(H,25,26)(H,27,28);3-4,9H,1-2,5-6H2,(H,10,11)/b;4-3-. The summed E-state index contributed by atoms with van der Waals surface area (Å²) >= 11 is 0. The second kappa shape index (κ2) is 20.2. The number of aromatic carboxylic acids is 2. The van der Waals surface area contributed by atoms with Crippen LogP contribution >= 0.6 is 0 Å². The molecule has 0 radical (unpaired) electrons. The summed E-state index contributed by atoms with van der Waals surface area (Å²) in [5.74, 6) is -7.67. The molecule has 0 aliphatic carbocycles. The molecule has 15 heteroatoms. The van der Waals surface area contributed by atoms with Gasteiger partial charge in [0.2, 0.25) is 0 Å². The third kappa shape index (κ3) is 15.9. The lowest BCUT2D eigenvalue weighted by atomic mass is 10.1. The van der Waals surface area contributed by atoms with Gasteiger partial charge in [0.05, 0.1) is 28.9 Å². The summed E-state index contributed by atoms with van der Waals surface area (Å²) in [5.41, 5.74) is -0.00491. The molecule has 0 amide bonds. The average molecular weight is 631 g/mol. The Labute approximate surface area is 255 Å². The van der Waals surface area contributed by atoms with Crippen LogP contribution in [0.4, 0.5) is 0 Å². The molecule has 0 aliphatic rings. The van der Waals surface area contributed by atoms with Crippen molar-refractivity contribution in [2.45, 2.75) is 38.5 Å². The highest BCUT2D eigenvalue weighted by Crippen LogP contribution is 2.10. The molecular formula is C30H30O15. The molecule has 0 spiro atoms. The number of ether oxygens (including phenoxy) is 3. The number of aliphatic hydroxyl groups excluding tert-OH is 1. The normalized spacial score (nSPS) is 10.2. The highest BCUT2D eigenvalue weighted by Gasteiger charge is 2.16. The van der Waals surface area contributed by atoms with Crippen LogP contribution in [0, 0.1) is 0 Å². The van der Waals surface area contributed by atoms with Gasteiger partial charge in [-0.15, -0.1) is 0 Å². The minimum atomic E-state index is -1.19. The molecule has 0 atom stereocenters. The van der Waals surface area contributed by atoms with Crippen LogP contribution in [0.15, 0.2) is 60.7 Å². The number of carboxylic acids is 3. The lowest BCUT2D eigenvalue weighted by molar-refractivity contribution is -0.140. The third-order valence-corrected chi connectivity index (χ3v) is 5.32. The van der Waals surface area contributed by atoms with Gasteiger partial charge < -0.3 is 34.6 Å². The maximum absolute atomic E-state index is 11.9. The summed E-state index contributed by atoms with van der Waals surface area (Å²) in [6.45, 7) is 0.256. The van der Waals surface area contributed by atoms with E-state index in [2.05, 4.69) is 14.2 Å². The number of hydrogen-bond acceptors (Lipinski definition) is 12. The van der Waals surface area contributed by atoms with Gasteiger partial charge in [0.15, 0.2) is 0 Å². The summed E-state index contributed by atoms with van der Waals surface area (Å²) < 4.78 is 13.9. The van der Waals surface area contributed by atoms with Gasteiger partial charge in [-0.2, -0.15) is 0 Å². The summed E-state index contributed by atoms with van der Waals surface area (Å²) in [7, 11) is 0. The first-order valence-electron chi connectivity index (χ1n) is 13.2. The van der Waals surface area contributed by atoms with Gasteiger partial charge in [-0.3, -0.25) is 9.59 Å². The number of carboxylic acid groups (broad SMARTS) is 3. The zero-order valence-corrected chi connectivity index (χ0v) is 23.7. The molecule has 0 fully saturated rings. The lowest BCUT2D eigenvalue weighted by Gasteiger charge is -2.05. The van der Waals surface area contributed by atoms with E-state index in [1.54, 1.807) is 0 Å². The molecule has 45 heavy (non-hydrogen) atoms. The van der Waals surface area contributed by atoms with E-state index >= 15 is 0 Å². The lowest BCUT2D eigenvalue weighted by Crippen LogP contribution is -2.14. The molecule has 0 saturated carbocycles. The Balaban J connectivity index is 0.000000656. The van der Waals surface area contributed by atoms with Crippen LogP contribution in [-0.4, -0.2) is 81.4 Å². The second-order valence-electron chi connectivity index (χ2n) is 8.76. The Morgan fingerprint density at radius 1 is 0.556 bits per heavy atom. The van der Waals surface area contributed by atoms with Crippen LogP contribution in [-0.2, 0) is 33.4 Å². The van der Waals surface area contributed by atoms with Crippen molar-refractivity contribution in [2.24, 2.45) is 0 Å². The van der Waals surface area contributed by atoms with Crippen LogP contribution in [0.25, 0.3) is 0 Å². The van der Waals surface area contributed by atoms with Gasteiger partial charge in [0.1, 0.15) is 0 Å². The number of rotatable bonds is 15. The van der Waals surface area contributed by atoms with Crippen LogP contribution in [0.1, 0.15) is 80.0 Å². The number of carbonyl (C=O) groups is 8.